The van der Waals surface area contributed by atoms with Crippen molar-refractivity contribution in [3.63, 3.8) is 0 Å². The number of aliphatic hydroxyl groups excluding tert-OH is 1. The number of hydrogen-bond acceptors (Lipinski definition) is 7. The molecule has 0 amide bonds. The second-order valence-corrected chi connectivity index (χ2v) is 7.24. The predicted molar refractivity (Wildman–Crippen MR) is 109 cm³/mol. The van der Waals surface area contributed by atoms with E-state index in [1.165, 1.54) is 0 Å². The number of aromatic nitrogens is 4. The van der Waals surface area contributed by atoms with Gasteiger partial charge < -0.3 is 25.0 Å². The van der Waals surface area contributed by atoms with Gasteiger partial charge in [0.1, 0.15) is 0 Å². The zero-order valence-electron chi connectivity index (χ0n) is 15.7. The maximum absolute atomic E-state index is 12.0. The monoisotopic (exact) mass is 392 g/mol. The third-order valence-electron chi connectivity index (χ3n) is 5.06. The Morgan fingerprint density at radius 2 is 2.03 bits per heavy atom. The first-order chi connectivity index (χ1) is 14.1. The number of benzene rings is 2. The molecule has 2 aromatic carbocycles. The van der Waals surface area contributed by atoms with Crippen molar-refractivity contribution in [3.05, 3.63) is 52.8 Å². The van der Waals surface area contributed by atoms with Gasteiger partial charge in [-0.15, -0.1) is 0 Å². The summed E-state index contributed by atoms with van der Waals surface area (Å²) in [5.74, 6) is 0.414. The third kappa shape index (κ3) is 3.35. The molecular formula is C20H20N6O3. The smallest absolute Gasteiger partial charge is 0.272 e. The van der Waals surface area contributed by atoms with E-state index in [4.69, 9.17) is 4.74 Å². The molecule has 1 unspecified atom stereocenters. The van der Waals surface area contributed by atoms with Gasteiger partial charge in [0.25, 0.3) is 5.56 Å². The number of likely N-dealkylation sites (tertiary alicyclic amines) is 1. The van der Waals surface area contributed by atoms with Crippen molar-refractivity contribution in [3.8, 4) is 11.3 Å². The van der Waals surface area contributed by atoms with Gasteiger partial charge in [0, 0.05) is 24.0 Å². The third-order valence-corrected chi connectivity index (χ3v) is 5.06. The fourth-order valence-electron chi connectivity index (χ4n) is 3.62. The molecule has 0 saturated carbocycles. The second kappa shape index (κ2) is 6.96. The molecule has 1 saturated heterocycles. The normalized spacial score (nSPS) is 16.2. The molecule has 9 nitrogen and oxygen atoms in total. The lowest BCUT2D eigenvalue weighted by molar-refractivity contribution is -0.156. The number of fused-ring (bicyclic) bond motifs is 2. The molecule has 4 N–H and O–H groups in total. The van der Waals surface area contributed by atoms with Crippen LogP contribution in [0.5, 0.6) is 0 Å². The molecule has 0 spiro atoms. The number of hydrogen-bond donors (Lipinski definition) is 4. The molecule has 3 heterocycles. The molecule has 1 aliphatic heterocycles. The number of anilines is 1. The highest BCUT2D eigenvalue weighted by molar-refractivity contribution is 5.95. The van der Waals surface area contributed by atoms with E-state index < -0.39 is 6.41 Å². The summed E-state index contributed by atoms with van der Waals surface area (Å²) < 4.78 is 5.51. The molecule has 29 heavy (non-hydrogen) atoms. The van der Waals surface area contributed by atoms with Crippen molar-refractivity contribution in [1.82, 2.24) is 25.1 Å². The van der Waals surface area contributed by atoms with Crippen LogP contribution in [0.1, 0.15) is 0 Å². The number of nitrogens with one attached hydrogen (secondary N) is 3. The highest BCUT2D eigenvalue weighted by Crippen LogP contribution is 2.27. The molecule has 5 rings (SSSR count). The summed E-state index contributed by atoms with van der Waals surface area (Å²) in [6.07, 6.45) is -1.13. The van der Waals surface area contributed by atoms with Crippen LogP contribution in [0.15, 0.2) is 47.3 Å². The Labute approximate surface area is 165 Å². The molecule has 148 valence electrons. The van der Waals surface area contributed by atoms with Crippen LogP contribution in [0.25, 0.3) is 33.1 Å². The molecule has 4 aromatic rings. The number of imidazole rings is 1. The largest absolute Gasteiger partial charge is 0.351 e. The van der Waals surface area contributed by atoms with Crippen LogP contribution in [-0.2, 0) is 4.74 Å². The van der Waals surface area contributed by atoms with Crippen LogP contribution in [-0.4, -0.2) is 62.8 Å². The average Bonchev–Trinajstić information content (AvgIpc) is 3.08. The van der Waals surface area contributed by atoms with E-state index >= 15 is 0 Å². The Morgan fingerprint density at radius 3 is 2.83 bits per heavy atom. The van der Waals surface area contributed by atoms with Gasteiger partial charge in [-0.05, 0) is 25.2 Å². The maximum Gasteiger partial charge on any atom is 0.272 e. The quantitative estimate of drug-likeness (QED) is 0.380. The minimum atomic E-state index is -1.14. The molecular weight excluding hydrogens is 372 g/mol. The zero-order chi connectivity index (χ0) is 20.0. The molecule has 2 aromatic heterocycles. The van der Waals surface area contributed by atoms with Gasteiger partial charge in [0.15, 0.2) is 0 Å². The van der Waals surface area contributed by atoms with Crippen molar-refractivity contribution in [2.45, 2.75) is 12.5 Å². The summed E-state index contributed by atoms with van der Waals surface area (Å²) >= 11 is 0. The minimum Gasteiger partial charge on any atom is -0.351 e. The molecule has 9 heteroatoms. The van der Waals surface area contributed by atoms with E-state index in [0.29, 0.717) is 22.5 Å². The molecule has 1 fully saturated rings. The van der Waals surface area contributed by atoms with E-state index in [1.54, 1.807) is 6.07 Å². The van der Waals surface area contributed by atoms with Gasteiger partial charge in [-0.1, -0.05) is 24.3 Å². The number of aliphatic hydroxyl groups is 1. The predicted octanol–water partition coefficient (Wildman–Crippen LogP) is 1.48. The van der Waals surface area contributed by atoms with Crippen LogP contribution in [0.3, 0.4) is 0 Å². The SMILES string of the molecule is CN1CC(OC(O)Nc2nc3cc(-c4n[nH]c(=O)c5ccccc45)ccc3[nH]2)C1. The van der Waals surface area contributed by atoms with Crippen molar-refractivity contribution < 1.29 is 9.84 Å². The Kier molecular flexibility index (Phi) is 4.27. The first-order valence-corrected chi connectivity index (χ1v) is 9.33. The first-order valence-electron chi connectivity index (χ1n) is 9.33. The average molecular weight is 392 g/mol. The molecule has 1 aliphatic rings. The number of nitrogens with zero attached hydrogens (tertiary/aromatic N) is 3. The fourth-order valence-corrected chi connectivity index (χ4v) is 3.62. The summed E-state index contributed by atoms with van der Waals surface area (Å²) in [6, 6.07) is 13.0. The van der Waals surface area contributed by atoms with Gasteiger partial charge in [0.2, 0.25) is 12.4 Å². The van der Waals surface area contributed by atoms with Crippen molar-refractivity contribution in [2.24, 2.45) is 0 Å². The highest BCUT2D eigenvalue weighted by atomic mass is 16.6. The molecule has 0 radical (unpaired) electrons. The van der Waals surface area contributed by atoms with E-state index in [1.807, 2.05) is 43.4 Å². The van der Waals surface area contributed by atoms with Gasteiger partial charge in [-0.2, -0.15) is 5.10 Å². The van der Waals surface area contributed by atoms with Crippen LogP contribution in [0.2, 0.25) is 0 Å². The van der Waals surface area contributed by atoms with E-state index in [-0.39, 0.29) is 11.7 Å². The van der Waals surface area contributed by atoms with Gasteiger partial charge in [0.05, 0.1) is 28.2 Å². The lowest BCUT2D eigenvalue weighted by atomic mass is 10.0. The molecule has 0 aliphatic carbocycles. The van der Waals surface area contributed by atoms with Crippen molar-refractivity contribution in [1.29, 1.82) is 0 Å². The second-order valence-electron chi connectivity index (χ2n) is 7.24. The first kappa shape index (κ1) is 17.8. The summed E-state index contributed by atoms with van der Waals surface area (Å²) in [6.45, 7) is 1.59. The Balaban J connectivity index is 1.43. The molecule has 0 bridgehead atoms. The fraction of sp³-hybridized carbons (Fsp3) is 0.250. The Hall–Kier alpha value is -3.27. The number of rotatable bonds is 5. The topological polar surface area (TPSA) is 119 Å². The summed E-state index contributed by atoms with van der Waals surface area (Å²) in [4.78, 5) is 21.7. The van der Waals surface area contributed by atoms with E-state index in [0.717, 1.165) is 29.6 Å². The van der Waals surface area contributed by atoms with Crippen LogP contribution in [0.4, 0.5) is 5.95 Å². The van der Waals surface area contributed by atoms with Crippen molar-refractivity contribution in [2.75, 3.05) is 25.5 Å². The van der Waals surface area contributed by atoms with E-state index in [9.17, 15) is 9.90 Å². The minimum absolute atomic E-state index is 0.0121. The van der Waals surface area contributed by atoms with Crippen LogP contribution >= 0.6 is 0 Å². The number of ether oxygens (including phenoxy) is 1. The lowest BCUT2D eigenvalue weighted by Crippen LogP contribution is -2.51. The number of H-pyrrole nitrogens is 2. The Morgan fingerprint density at radius 1 is 1.24 bits per heavy atom. The van der Waals surface area contributed by atoms with Gasteiger partial charge in [-0.25, -0.2) is 10.1 Å². The van der Waals surface area contributed by atoms with Crippen LogP contribution in [0, 0.1) is 0 Å². The maximum atomic E-state index is 12.0. The zero-order valence-corrected chi connectivity index (χ0v) is 15.7. The van der Waals surface area contributed by atoms with Crippen LogP contribution < -0.4 is 10.9 Å². The standard InChI is InChI=1S/C20H20N6O3/c1-26-9-12(10-26)29-20(28)23-19-21-15-7-6-11(8-16(15)22-19)17-13-4-2-3-5-14(13)18(27)25-24-17/h2-8,12,20,28H,9-10H2,1H3,(H,25,27)(H2,21,22,23). The van der Waals surface area contributed by atoms with Gasteiger partial charge in [-0.3, -0.25) is 4.79 Å². The Bertz CT molecular complexity index is 1240. The number of aromatic amines is 2. The van der Waals surface area contributed by atoms with E-state index in [2.05, 4.69) is 30.4 Å². The van der Waals surface area contributed by atoms with Crippen molar-refractivity contribution >= 4 is 27.8 Å². The summed E-state index contributed by atoms with van der Waals surface area (Å²) in [7, 11) is 2.00. The number of likely N-dealkylation sites (N-methyl/N-ethyl adjacent to an activating group) is 1. The molecule has 1 atom stereocenters. The highest BCUT2D eigenvalue weighted by Gasteiger charge is 2.26. The summed E-state index contributed by atoms with van der Waals surface area (Å²) in [5.41, 5.74) is 2.80. The lowest BCUT2D eigenvalue weighted by Gasteiger charge is -2.36. The summed E-state index contributed by atoms with van der Waals surface area (Å²) in [5, 5.41) is 21.1. The van der Waals surface area contributed by atoms with Gasteiger partial charge >= 0.3 is 0 Å².